The molecule has 0 radical (unpaired) electrons. The van der Waals surface area contributed by atoms with E-state index in [1.54, 1.807) is 0 Å². The van der Waals surface area contributed by atoms with Crippen LogP contribution in [0, 0.1) is 0 Å². The van der Waals surface area contributed by atoms with E-state index in [1.165, 1.54) is 74.3 Å². The maximum Gasteiger partial charge on any atom is 0.0788 e. The van der Waals surface area contributed by atoms with Crippen LogP contribution in [-0.4, -0.2) is 4.98 Å². The van der Waals surface area contributed by atoms with Crippen LogP contribution in [0.25, 0.3) is 64.2 Å². The number of hydrogen-bond donors (Lipinski definition) is 0. The summed E-state index contributed by atoms with van der Waals surface area (Å²) in [4.78, 5) is 10.3. The Labute approximate surface area is 280 Å². The van der Waals surface area contributed by atoms with Gasteiger partial charge in [0.05, 0.1) is 28.3 Å². The molecular weight excluding hydrogens is 609 g/mol. The normalized spacial score (nSPS) is 12.6. The lowest BCUT2D eigenvalue weighted by Crippen LogP contribution is -2.15. The summed E-state index contributed by atoms with van der Waals surface area (Å²) in [6, 6.07) is 57.0. The molecule has 0 saturated carbocycles. The molecule has 0 unspecified atom stereocenters. The van der Waals surface area contributed by atoms with E-state index in [0.717, 1.165) is 16.8 Å². The van der Waals surface area contributed by atoms with Gasteiger partial charge < -0.3 is 4.90 Å². The molecule has 1 aliphatic rings. The first-order chi connectivity index (χ1) is 23.3. The Kier molecular flexibility index (Phi) is 6.01. The topological polar surface area (TPSA) is 16.1 Å². The maximum absolute atomic E-state index is 5.34. The summed E-state index contributed by atoms with van der Waals surface area (Å²) >= 11 is 3.73. The SMILES string of the molecule is c1ccc(-c2nc3ccccc3c3c2cc(-c2ccccc2N2c4ccccc4Sc4ccccc42)c2sc4ccccc4c23)cc1. The summed E-state index contributed by atoms with van der Waals surface area (Å²) in [6.45, 7) is 0. The van der Waals surface area contributed by atoms with Crippen molar-refractivity contribution in [2.45, 2.75) is 9.79 Å². The van der Waals surface area contributed by atoms with E-state index in [9.17, 15) is 0 Å². The number of rotatable bonds is 3. The van der Waals surface area contributed by atoms with Crippen LogP contribution in [0.5, 0.6) is 0 Å². The molecule has 2 aromatic heterocycles. The average molecular weight is 635 g/mol. The Hall–Kier alpha value is -5.42. The first-order valence-electron chi connectivity index (χ1n) is 15.8. The largest absolute Gasteiger partial charge is 0.308 e. The Morgan fingerprint density at radius 1 is 0.468 bits per heavy atom. The molecule has 0 saturated heterocycles. The molecular formula is C43H26N2S2. The van der Waals surface area contributed by atoms with Gasteiger partial charge in [0.1, 0.15) is 0 Å². The van der Waals surface area contributed by atoms with Crippen LogP contribution in [0.1, 0.15) is 0 Å². The van der Waals surface area contributed by atoms with E-state index in [0.29, 0.717) is 0 Å². The Morgan fingerprint density at radius 3 is 1.87 bits per heavy atom. The zero-order chi connectivity index (χ0) is 30.9. The Balaban J connectivity index is 1.37. The van der Waals surface area contributed by atoms with Gasteiger partial charge in [-0.05, 0) is 48.5 Å². The van der Waals surface area contributed by atoms with Crippen LogP contribution in [0.15, 0.2) is 168 Å². The van der Waals surface area contributed by atoms with Crippen LogP contribution >= 0.6 is 23.1 Å². The van der Waals surface area contributed by atoms with Gasteiger partial charge in [-0.15, -0.1) is 11.3 Å². The monoisotopic (exact) mass is 634 g/mol. The van der Waals surface area contributed by atoms with E-state index in [2.05, 4.69) is 163 Å². The Bertz CT molecular complexity index is 2630. The molecule has 0 atom stereocenters. The standard InChI is InChI=1S/C43H26N2S2/c1-2-14-27(15-3-1)42-32-26-31(43-41(30-18-6-11-23-37(30)47-43)40(32)29-17-4-7-19-33(29)44-42)28-16-5-8-20-34(28)45-35-21-9-12-24-38(35)46-39-25-13-10-22-36(39)45/h1-26H. The minimum Gasteiger partial charge on any atom is -0.308 e. The molecule has 3 heterocycles. The summed E-state index contributed by atoms with van der Waals surface area (Å²) in [5.41, 5.74) is 9.16. The number of fused-ring (bicyclic) bond motifs is 9. The molecule has 220 valence electrons. The van der Waals surface area contributed by atoms with Crippen molar-refractivity contribution in [2.75, 3.05) is 4.90 Å². The smallest absolute Gasteiger partial charge is 0.0788 e. The van der Waals surface area contributed by atoms with Crippen molar-refractivity contribution in [1.29, 1.82) is 0 Å². The molecule has 0 bridgehead atoms. The van der Waals surface area contributed by atoms with Crippen LogP contribution in [0.4, 0.5) is 17.1 Å². The highest BCUT2D eigenvalue weighted by atomic mass is 32.2. The molecule has 0 aliphatic carbocycles. The fourth-order valence-corrected chi connectivity index (χ4v) is 9.50. The second-order valence-corrected chi connectivity index (χ2v) is 14.0. The van der Waals surface area contributed by atoms with Crippen LogP contribution in [0.3, 0.4) is 0 Å². The zero-order valence-corrected chi connectivity index (χ0v) is 26.9. The van der Waals surface area contributed by atoms with Gasteiger partial charge in [0.2, 0.25) is 0 Å². The van der Waals surface area contributed by atoms with Crippen molar-refractivity contribution in [1.82, 2.24) is 4.98 Å². The first-order valence-corrected chi connectivity index (χ1v) is 17.4. The molecule has 0 spiro atoms. The van der Waals surface area contributed by atoms with E-state index in [4.69, 9.17) is 4.98 Å². The number of nitrogens with zero attached hydrogens (tertiary/aromatic N) is 2. The fourth-order valence-electron chi connectivity index (χ4n) is 7.21. The predicted octanol–water partition coefficient (Wildman–Crippen LogP) is 13.0. The van der Waals surface area contributed by atoms with Gasteiger partial charge in [-0.2, -0.15) is 0 Å². The minimum atomic E-state index is 1.01. The number of aromatic nitrogens is 1. The van der Waals surface area contributed by atoms with Gasteiger partial charge in [0.15, 0.2) is 0 Å². The predicted molar refractivity (Wildman–Crippen MR) is 202 cm³/mol. The van der Waals surface area contributed by atoms with E-state index in [1.807, 2.05) is 23.1 Å². The van der Waals surface area contributed by atoms with Crippen molar-refractivity contribution in [2.24, 2.45) is 0 Å². The van der Waals surface area contributed by atoms with Crippen LogP contribution in [0.2, 0.25) is 0 Å². The van der Waals surface area contributed by atoms with Crippen molar-refractivity contribution < 1.29 is 0 Å². The second kappa shape index (κ2) is 10.6. The van der Waals surface area contributed by atoms with E-state index in [-0.39, 0.29) is 0 Å². The van der Waals surface area contributed by atoms with Gasteiger partial charge in [-0.25, -0.2) is 4.98 Å². The number of pyridine rings is 1. The fraction of sp³-hybridized carbons (Fsp3) is 0. The van der Waals surface area contributed by atoms with E-state index < -0.39 is 0 Å². The molecule has 4 heteroatoms. The lowest BCUT2D eigenvalue weighted by molar-refractivity contribution is 1.17. The van der Waals surface area contributed by atoms with Gasteiger partial charge in [0, 0.05) is 62.8 Å². The molecule has 2 nitrogen and oxygen atoms in total. The number of hydrogen-bond acceptors (Lipinski definition) is 4. The highest BCUT2D eigenvalue weighted by Crippen LogP contribution is 2.55. The summed E-state index contributed by atoms with van der Waals surface area (Å²) in [7, 11) is 0. The van der Waals surface area contributed by atoms with Gasteiger partial charge in [-0.3, -0.25) is 0 Å². The third-order valence-corrected chi connectivity index (χ3v) is 11.6. The third-order valence-electron chi connectivity index (χ3n) is 9.22. The average Bonchev–Trinajstić information content (AvgIpc) is 3.53. The highest BCUT2D eigenvalue weighted by Gasteiger charge is 2.28. The summed E-state index contributed by atoms with van der Waals surface area (Å²) in [5, 5.41) is 6.22. The van der Waals surface area contributed by atoms with Crippen molar-refractivity contribution in [3.63, 3.8) is 0 Å². The van der Waals surface area contributed by atoms with E-state index >= 15 is 0 Å². The molecule has 10 rings (SSSR count). The zero-order valence-electron chi connectivity index (χ0n) is 25.2. The molecule has 7 aromatic carbocycles. The minimum absolute atomic E-state index is 1.01. The van der Waals surface area contributed by atoms with Gasteiger partial charge >= 0.3 is 0 Å². The molecule has 47 heavy (non-hydrogen) atoms. The summed E-state index contributed by atoms with van der Waals surface area (Å²) < 4.78 is 2.59. The lowest BCUT2D eigenvalue weighted by atomic mass is 9.91. The lowest BCUT2D eigenvalue weighted by Gasteiger charge is -2.34. The van der Waals surface area contributed by atoms with Crippen molar-refractivity contribution in [3.05, 3.63) is 158 Å². The van der Waals surface area contributed by atoms with Crippen molar-refractivity contribution >= 4 is 82.0 Å². The number of benzene rings is 7. The molecule has 1 aliphatic heterocycles. The highest BCUT2D eigenvalue weighted by molar-refractivity contribution is 7.99. The third kappa shape index (κ3) is 4.09. The summed E-state index contributed by atoms with van der Waals surface area (Å²) in [6.07, 6.45) is 0. The van der Waals surface area contributed by atoms with Crippen molar-refractivity contribution in [3.8, 4) is 22.4 Å². The van der Waals surface area contributed by atoms with Gasteiger partial charge in [0.25, 0.3) is 0 Å². The van der Waals surface area contributed by atoms with Gasteiger partial charge in [-0.1, -0.05) is 121 Å². The number of anilines is 3. The summed E-state index contributed by atoms with van der Waals surface area (Å²) in [5.74, 6) is 0. The van der Waals surface area contributed by atoms with Crippen LogP contribution < -0.4 is 4.90 Å². The maximum atomic E-state index is 5.34. The first kappa shape index (κ1) is 26.8. The molecule has 9 aromatic rings. The molecule has 0 N–H and O–H groups in total. The molecule has 0 fully saturated rings. The number of thiophene rings is 1. The van der Waals surface area contributed by atoms with Crippen LogP contribution in [-0.2, 0) is 0 Å². The molecule has 0 amide bonds. The number of para-hydroxylation sites is 4. The second-order valence-electron chi connectivity index (χ2n) is 11.9. The Morgan fingerprint density at radius 2 is 1.09 bits per heavy atom. The quantitative estimate of drug-likeness (QED) is 0.180.